The summed E-state index contributed by atoms with van der Waals surface area (Å²) >= 11 is 1.60. The number of amides is 1. The Morgan fingerprint density at radius 2 is 2.09 bits per heavy atom. The van der Waals surface area contributed by atoms with Crippen LogP contribution in [0.1, 0.15) is 32.8 Å². The first-order valence-corrected chi connectivity index (χ1v) is 7.92. The normalized spacial score (nSPS) is 12.5. The summed E-state index contributed by atoms with van der Waals surface area (Å²) in [4.78, 5) is 23.4. The van der Waals surface area contributed by atoms with Crippen molar-refractivity contribution in [1.29, 1.82) is 0 Å². The standard InChI is InChI=1S/C15H23NO5S/c1-15(2,3)21-14(18)16-12(13(17)19-4)5-7-20-9-11-6-8-22-10-11/h6,8,10,12H,5,7,9H2,1-4H3,(H,16,18)/t12-/m0/s1. The predicted octanol–water partition coefficient (Wildman–Crippen LogP) is 2.72. The second kappa shape index (κ2) is 8.75. The van der Waals surface area contributed by atoms with Gasteiger partial charge in [-0.1, -0.05) is 0 Å². The minimum absolute atomic E-state index is 0.316. The molecule has 1 amide bonds. The predicted molar refractivity (Wildman–Crippen MR) is 83.8 cm³/mol. The molecule has 0 saturated carbocycles. The zero-order valence-corrected chi connectivity index (χ0v) is 14.2. The van der Waals surface area contributed by atoms with Crippen molar-refractivity contribution >= 4 is 23.4 Å². The fourth-order valence-electron chi connectivity index (χ4n) is 1.61. The molecule has 1 heterocycles. The van der Waals surface area contributed by atoms with Crippen LogP contribution in [0.3, 0.4) is 0 Å². The number of ether oxygens (including phenoxy) is 3. The van der Waals surface area contributed by atoms with Crippen molar-refractivity contribution in [3.8, 4) is 0 Å². The first-order valence-electron chi connectivity index (χ1n) is 6.98. The molecule has 0 aliphatic rings. The summed E-state index contributed by atoms with van der Waals surface area (Å²) < 4.78 is 15.3. The Hall–Kier alpha value is -1.60. The number of hydrogen-bond donors (Lipinski definition) is 1. The van der Waals surface area contributed by atoms with Gasteiger partial charge in [0.25, 0.3) is 0 Å². The summed E-state index contributed by atoms with van der Waals surface area (Å²) in [6.07, 6.45) is -0.337. The fourth-order valence-corrected chi connectivity index (χ4v) is 2.26. The van der Waals surface area contributed by atoms with Crippen molar-refractivity contribution in [3.63, 3.8) is 0 Å². The summed E-state index contributed by atoms with van der Waals surface area (Å²) in [6.45, 7) is 6.06. The third-order valence-electron chi connectivity index (χ3n) is 2.58. The molecule has 1 atom stereocenters. The van der Waals surface area contributed by atoms with Gasteiger partial charge in [-0.05, 0) is 43.2 Å². The van der Waals surface area contributed by atoms with E-state index in [9.17, 15) is 9.59 Å². The minimum Gasteiger partial charge on any atom is -0.467 e. The fraction of sp³-hybridized carbons (Fsp3) is 0.600. The third-order valence-corrected chi connectivity index (χ3v) is 3.31. The molecule has 0 aromatic carbocycles. The first kappa shape index (κ1) is 18.4. The monoisotopic (exact) mass is 329 g/mol. The van der Waals surface area contributed by atoms with Gasteiger partial charge in [-0.3, -0.25) is 0 Å². The highest BCUT2D eigenvalue weighted by Gasteiger charge is 2.24. The summed E-state index contributed by atoms with van der Waals surface area (Å²) in [5.41, 5.74) is 0.458. The molecule has 124 valence electrons. The van der Waals surface area contributed by atoms with Gasteiger partial charge in [0.2, 0.25) is 0 Å². The molecule has 0 bridgehead atoms. The summed E-state index contributed by atoms with van der Waals surface area (Å²) in [5.74, 6) is -0.523. The van der Waals surface area contributed by atoms with Gasteiger partial charge < -0.3 is 19.5 Å². The van der Waals surface area contributed by atoms with Gasteiger partial charge in [-0.25, -0.2) is 9.59 Å². The molecule has 1 aromatic heterocycles. The molecule has 0 fully saturated rings. The molecule has 1 N–H and O–H groups in total. The number of alkyl carbamates (subject to hydrolysis) is 1. The lowest BCUT2D eigenvalue weighted by molar-refractivity contribution is -0.143. The number of hydrogen-bond acceptors (Lipinski definition) is 6. The van der Waals surface area contributed by atoms with Crippen LogP contribution >= 0.6 is 11.3 Å². The van der Waals surface area contributed by atoms with E-state index in [1.54, 1.807) is 32.1 Å². The molecule has 0 radical (unpaired) electrons. The van der Waals surface area contributed by atoms with Crippen LogP contribution in [-0.4, -0.2) is 37.4 Å². The summed E-state index contributed by atoms with van der Waals surface area (Å²) in [7, 11) is 1.28. The van der Waals surface area contributed by atoms with Gasteiger partial charge in [0, 0.05) is 13.0 Å². The average molecular weight is 329 g/mol. The minimum atomic E-state index is -0.790. The average Bonchev–Trinajstić information content (AvgIpc) is 2.92. The van der Waals surface area contributed by atoms with Crippen molar-refractivity contribution in [2.45, 2.75) is 45.4 Å². The molecule has 0 spiro atoms. The van der Waals surface area contributed by atoms with E-state index in [1.807, 2.05) is 16.8 Å². The SMILES string of the molecule is COC(=O)[C@H](CCOCc1ccsc1)NC(=O)OC(C)(C)C. The van der Waals surface area contributed by atoms with Crippen molar-refractivity contribution in [2.24, 2.45) is 0 Å². The third kappa shape index (κ3) is 7.42. The first-order chi connectivity index (χ1) is 10.3. The van der Waals surface area contributed by atoms with Gasteiger partial charge in [0.1, 0.15) is 11.6 Å². The van der Waals surface area contributed by atoms with Crippen molar-refractivity contribution < 1.29 is 23.8 Å². The van der Waals surface area contributed by atoms with Gasteiger partial charge >= 0.3 is 12.1 Å². The number of methoxy groups -OCH3 is 1. The van der Waals surface area contributed by atoms with E-state index >= 15 is 0 Å². The Morgan fingerprint density at radius 3 is 2.64 bits per heavy atom. The maximum atomic E-state index is 11.7. The van der Waals surface area contributed by atoms with Crippen molar-refractivity contribution in [2.75, 3.05) is 13.7 Å². The number of carbonyl (C=O) groups excluding carboxylic acids is 2. The van der Waals surface area contributed by atoms with Crippen LogP contribution in [-0.2, 0) is 25.6 Å². The van der Waals surface area contributed by atoms with Crippen LogP contribution in [0.4, 0.5) is 4.79 Å². The molecule has 0 aliphatic heterocycles. The second-order valence-corrected chi connectivity index (χ2v) is 6.47. The molecule has 1 rings (SSSR count). The second-order valence-electron chi connectivity index (χ2n) is 5.69. The Balaban J connectivity index is 2.40. The lowest BCUT2D eigenvalue weighted by atomic mass is 10.2. The smallest absolute Gasteiger partial charge is 0.408 e. The highest BCUT2D eigenvalue weighted by Crippen LogP contribution is 2.09. The molecule has 0 unspecified atom stereocenters. The number of nitrogens with one attached hydrogen (secondary N) is 1. The number of rotatable bonds is 7. The van der Waals surface area contributed by atoms with E-state index in [2.05, 4.69) is 10.1 Å². The number of thiophene rings is 1. The summed E-state index contributed by atoms with van der Waals surface area (Å²) in [5, 5.41) is 6.47. The zero-order valence-electron chi connectivity index (χ0n) is 13.4. The Morgan fingerprint density at radius 1 is 1.36 bits per heavy atom. The molecular formula is C15H23NO5S. The van der Waals surface area contributed by atoms with Crippen LogP contribution in [0, 0.1) is 0 Å². The molecule has 0 aliphatic carbocycles. The van der Waals surface area contributed by atoms with Crippen LogP contribution in [0.25, 0.3) is 0 Å². The number of esters is 1. The van der Waals surface area contributed by atoms with Crippen molar-refractivity contribution in [3.05, 3.63) is 22.4 Å². The van der Waals surface area contributed by atoms with E-state index in [-0.39, 0.29) is 0 Å². The highest BCUT2D eigenvalue weighted by atomic mass is 32.1. The van der Waals surface area contributed by atoms with E-state index in [0.717, 1.165) is 5.56 Å². The van der Waals surface area contributed by atoms with E-state index in [4.69, 9.17) is 9.47 Å². The molecule has 6 nitrogen and oxygen atoms in total. The van der Waals surface area contributed by atoms with Gasteiger partial charge in [0.05, 0.1) is 13.7 Å². The van der Waals surface area contributed by atoms with E-state index in [0.29, 0.717) is 19.6 Å². The molecule has 1 aromatic rings. The topological polar surface area (TPSA) is 73.9 Å². The summed E-state index contributed by atoms with van der Waals surface area (Å²) in [6, 6.07) is 1.18. The maximum Gasteiger partial charge on any atom is 0.408 e. The van der Waals surface area contributed by atoms with Gasteiger partial charge in [0.15, 0.2) is 0 Å². The molecule has 22 heavy (non-hydrogen) atoms. The van der Waals surface area contributed by atoms with Gasteiger partial charge in [-0.2, -0.15) is 11.3 Å². The van der Waals surface area contributed by atoms with Crippen LogP contribution in [0.15, 0.2) is 16.8 Å². The van der Waals surface area contributed by atoms with Gasteiger partial charge in [-0.15, -0.1) is 0 Å². The Kier molecular flexibility index (Phi) is 7.34. The largest absolute Gasteiger partial charge is 0.467 e. The highest BCUT2D eigenvalue weighted by molar-refractivity contribution is 7.07. The van der Waals surface area contributed by atoms with Crippen LogP contribution in [0.2, 0.25) is 0 Å². The quantitative estimate of drug-likeness (QED) is 0.615. The van der Waals surface area contributed by atoms with Crippen LogP contribution in [0.5, 0.6) is 0 Å². The van der Waals surface area contributed by atoms with Crippen LogP contribution < -0.4 is 5.32 Å². The molecular weight excluding hydrogens is 306 g/mol. The lowest BCUT2D eigenvalue weighted by Gasteiger charge is -2.22. The lowest BCUT2D eigenvalue weighted by Crippen LogP contribution is -2.44. The molecule has 0 saturated heterocycles. The number of carbonyl (C=O) groups is 2. The molecule has 7 heteroatoms. The van der Waals surface area contributed by atoms with E-state index in [1.165, 1.54) is 7.11 Å². The Bertz CT molecular complexity index is 467. The Labute approximate surface area is 134 Å². The maximum absolute atomic E-state index is 11.7. The van der Waals surface area contributed by atoms with E-state index < -0.39 is 23.7 Å². The zero-order chi connectivity index (χ0) is 16.6. The van der Waals surface area contributed by atoms with Crippen molar-refractivity contribution in [1.82, 2.24) is 5.32 Å².